The highest BCUT2D eigenvalue weighted by Crippen LogP contribution is 2.21. The molecule has 110 valence electrons. The molecule has 1 heterocycles. The Balaban J connectivity index is 1.81. The van der Waals surface area contributed by atoms with Crippen LogP contribution in [0.15, 0.2) is 59.7 Å². The Morgan fingerprint density at radius 1 is 1.14 bits per heavy atom. The van der Waals surface area contributed by atoms with E-state index in [2.05, 4.69) is 15.3 Å². The van der Waals surface area contributed by atoms with Crippen LogP contribution in [-0.2, 0) is 0 Å². The molecule has 0 aliphatic rings. The number of rotatable bonds is 4. The number of aromatic amines is 1. The van der Waals surface area contributed by atoms with E-state index in [4.69, 9.17) is 17.0 Å². The Labute approximate surface area is 132 Å². The Morgan fingerprint density at radius 2 is 1.91 bits per heavy atom. The molecule has 0 radical (unpaired) electrons. The number of aryl methyl sites for hydroxylation is 1. The van der Waals surface area contributed by atoms with Gasteiger partial charge in [-0.2, -0.15) is 14.9 Å². The van der Waals surface area contributed by atoms with Crippen molar-refractivity contribution in [1.82, 2.24) is 14.9 Å². The Hall–Kier alpha value is -2.73. The lowest BCUT2D eigenvalue weighted by molar-refractivity contribution is 0.482. The van der Waals surface area contributed by atoms with Crippen molar-refractivity contribution in [3.05, 3.63) is 70.8 Å². The van der Waals surface area contributed by atoms with E-state index in [0.717, 1.165) is 17.1 Å². The van der Waals surface area contributed by atoms with Crippen LogP contribution in [-0.4, -0.2) is 21.1 Å². The van der Waals surface area contributed by atoms with Crippen molar-refractivity contribution in [3.8, 4) is 11.5 Å². The molecule has 0 aliphatic heterocycles. The minimum absolute atomic E-state index is 0.463. The van der Waals surface area contributed by atoms with Gasteiger partial charge in [0.1, 0.15) is 17.3 Å². The SMILES string of the molecule is Cc1n[nH]c(=S)n1N=Cc1cccc(Oc2ccccc2)c1. The first kappa shape index (κ1) is 14.2. The highest BCUT2D eigenvalue weighted by molar-refractivity contribution is 7.71. The van der Waals surface area contributed by atoms with E-state index in [1.165, 1.54) is 0 Å². The third-order valence-electron chi connectivity index (χ3n) is 2.97. The molecule has 5 nitrogen and oxygen atoms in total. The molecule has 0 saturated heterocycles. The number of nitrogens with zero attached hydrogens (tertiary/aromatic N) is 3. The molecule has 22 heavy (non-hydrogen) atoms. The van der Waals surface area contributed by atoms with Crippen molar-refractivity contribution in [2.75, 3.05) is 0 Å². The quantitative estimate of drug-likeness (QED) is 0.587. The molecular formula is C16H14N4OS. The second-order valence-electron chi connectivity index (χ2n) is 4.62. The fourth-order valence-electron chi connectivity index (χ4n) is 1.91. The molecule has 1 N–H and O–H groups in total. The van der Waals surface area contributed by atoms with Crippen molar-refractivity contribution in [2.45, 2.75) is 6.92 Å². The molecule has 1 aromatic heterocycles. The lowest BCUT2D eigenvalue weighted by atomic mass is 10.2. The third kappa shape index (κ3) is 3.29. The van der Waals surface area contributed by atoms with E-state index in [1.54, 1.807) is 10.9 Å². The highest BCUT2D eigenvalue weighted by atomic mass is 32.1. The summed E-state index contributed by atoms with van der Waals surface area (Å²) in [7, 11) is 0. The summed E-state index contributed by atoms with van der Waals surface area (Å²) in [6, 6.07) is 17.3. The molecule has 0 amide bonds. The topological polar surface area (TPSA) is 55.2 Å². The van der Waals surface area contributed by atoms with Crippen LogP contribution in [0.5, 0.6) is 11.5 Å². The van der Waals surface area contributed by atoms with Gasteiger partial charge in [0.05, 0.1) is 6.21 Å². The maximum atomic E-state index is 5.80. The molecular weight excluding hydrogens is 296 g/mol. The first-order chi connectivity index (χ1) is 10.7. The number of hydrogen-bond donors (Lipinski definition) is 1. The summed E-state index contributed by atoms with van der Waals surface area (Å²) in [5, 5.41) is 11.0. The first-order valence-electron chi connectivity index (χ1n) is 6.74. The molecule has 3 rings (SSSR count). The molecule has 6 heteroatoms. The van der Waals surface area contributed by atoms with E-state index < -0.39 is 0 Å². The van der Waals surface area contributed by atoms with Crippen LogP contribution in [0.1, 0.15) is 11.4 Å². The number of nitrogens with one attached hydrogen (secondary N) is 1. The largest absolute Gasteiger partial charge is 0.457 e. The van der Waals surface area contributed by atoms with E-state index in [0.29, 0.717) is 10.6 Å². The number of H-pyrrole nitrogens is 1. The van der Waals surface area contributed by atoms with Gasteiger partial charge >= 0.3 is 0 Å². The van der Waals surface area contributed by atoms with E-state index in [9.17, 15) is 0 Å². The minimum Gasteiger partial charge on any atom is -0.457 e. The molecule has 2 aromatic carbocycles. The minimum atomic E-state index is 0.463. The summed E-state index contributed by atoms with van der Waals surface area (Å²) in [4.78, 5) is 0. The summed E-state index contributed by atoms with van der Waals surface area (Å²) in [6.07, 6.45) is 1.72. The fourth-order valence-corrected chi connectivity index (χ4v) is 2.14. The van der Waals surface area contributed by atoms with Gasteiger partial charge in [0.25, 0.3) is 0 Å². The molecule has 0 atom stereocenters. The molecule has 0 saturated carbocycles. The Kier molecular flexibility index (Phi) is 4.11. The third-order valence-corrected chi connectivity index (χ3v) is 3.24. The fraction of sp³-hybridized carbons (Fsp3) is 0.0625. The van der Waals surface area contributed by atoms with Gasteiger partial charge < -0.3 is 4.74 Å². The summed E-state index contributed by atoms with van der Waals surface area (Å²) in [6.45, 7) is 1.83. The second-order valence-corrected chi connectivity index (χ2v) is 5.01. The molecule has 0 spiro atoms. The van der Waals surface area contributed by atoms with Gasteiger partial charge in [0, 0.05) is 0 Å². The van der Waals surface area contributed by atoms with Crippen molar-refractivity contribution < 1.29 is 4.74 Å². The van der Waals surface area contributed by atoms with Gasteiger partial charge in [0.15, 0.2) is 0 Å². The predicted octanol–water partition coefficient (Wildman–Crippen LogP) is 3.92. The zero-order chi connectivity index (χ0) is 15.4. The molecule has 0 bridgehead atoms. The van der Waals surface area contributed by atoms with Crippen LogP contribution in [0.4, 0.5) is 0 Å². The summed E-state index contributed by atoms with van der Waals surface area (Å²) in [5.41, 5.74) is 0.913. The van der Waals surface area contributed by atoms with Crippen LogP contribution < -0.4 is 4.74 Å². The van der Waals surface area contributed by atoms with Crippen LogP contribution >= 0.6 is 12.2 Å². The van der Waals surface area contributed by atoms with Crippen LogP contribution in [0.3, 0.4) is 0 Å². The maximum absolute atomic E-state index is 5.80. The lowest BCUT2D eigenvalue weighted by Crippen LogP contribution is -1.94. The smallest absolute Gasteiger partial charge is 0.216 e. The number of benzene rings is 2. The number of aromatic nitrogens is 3. The standard InChI is InChI=1S/C16H14N4OS/c1-12-18-19-16(22)20(12)17-11-13-6-5-9-15(10-13)21-14-7-3-2-4-8-14/h2-11H,1H3,(H,19,22). The zero-order valence-corrected chi connectivity index (χ0v) is 12.7. The predicted molar refractivity (Wildman–Crippen MR) is 88.1 cm³/mol. The van der Waals surface area contributed by atoms with E-state index >= 15 is 0 Å². The van der Waals surface area contributed by atoms with E-state index in [-0.39, 0.29) is 0 Å². The van der Waals surface area contributed by atoms with Gasteiger partial charge in [-0.05, 0) is 49.0 Å². The number of ether oxygens (including phenoxy) is 1. The van der Waals surface area contributed by atoms with E-state index in [1.807, 2.05) is 61.5 Å². The maximum Gasteiger partial charge on any atom is 0.216 e. The van der Waals surface area contributed by atoms with Crippen molar-refractivity contribution in [3.63, 3.8) is 0 Å². The summed E-state index contributed by atoms with van der Waals surface area (Å²) < 4.78 is 7.83. The molecule has 3 aromatic rings. The zero-order valence-electron chi connectivity index (χ0n) is 11.9. The van der Waals surface area contributed by atoms with Crippen molar-refractivity contribution in [1.29, 1.82) is 0 Å². The first-order valence-corrected chi connectivity index (χ1v) is 7.14. The van der Waals surface area contributed by atoms with Gasteiger partial charge in [-0.25, -0.2) is 0 Å². The summed E-state index contributed by atoms with van der Waals surface area (Å²) in [5.74, 6) is 2.25. The normalized spacial score (nSPS) is 11.0. The Morgan fingerprint density at radius 3 is 2.64 bits per heavy atom. The number of para-hydroxylation sites is 1. The molecule has 0 aliphatic carbocycles. The number of hydrogen-bond acceptors (Lipinski definition) is 4. The van der Waals surface area contributed by atoms with Crippen molar-refractivity contribution in [2.24, 2.45) is 5.10 Å². The van der Waals surface area contributed by atoms with Crippen molar-refractivity contribution >= 4 is 18.4 Å². The monoisotopic (exact) mass is 310 g/mol. The van der Waals surface area contributed by atoms with Gasteiger partial charge in [-0.3, -0.25) is 5.10 Å². The highest BCUT2D eigenvalue weighted by Gasteiger charge is 1.99. The van der Waals surface area contributed by atoms with Crippen LogP contribution in [0.2, 0.25) is 0 Å². The van der Waals surface area contributed by atoms with Gasteiger partial charge in [0.2, 0.25) is 4.77 Å². The lowest BCUT2D eigenvalue weighted by Gasteiger charge is -2.05. The second kappa shape index (κ2) is 6.36. The Bertz CT molecular complexity index is 852. The van der Waals surface area contributed by atoms with Gasteiger partial charge in [-0.1, -0.05) is 30.3 Å². The van der Waals surface area contributed by atoms with Gasteiger partial charge in [-0.15, -0.1) is 0 Å². The molecule has 0 fully saturated rings. The molecule has 0 unspecified atom stereocenters. The van der Waals surface area contributed by atoms with Crippen LogP contribution in [0.25, 0.3) is 0 Å². The average molecular weight is 310 g/mol. The summed E-state index contributed by atoms with van der Waals surface area (Å²) >= 11 is 5.11. The van der Waals surface area contributed by atoms with Crippen LogP contribution in [0, 0.1) is 11.7 Å². The average Bonchev–Trinajstić information content (AvgIpc) is 2.85.